The number of aromatic carboxylic acids is 1. The first-order valence-corrected chi connectivity index (χ1v) is 20.3. The molecular formula is C45H67N3O4. The molecule has 2 amide bonds. The zero-order valence-electron chi connectivity index (χ0n) is 33.5. The third-order valence-corrected chi connectivity index (χ3v) is 16.4. The van der Waals surface area contributed by atoms with E-state index in [0.717, 1.165) is 13.0 Å². The van der Waals surface area contributed by atoms with E-state index in [0.29, 0.717) is 61.1 Å². The van der Waals surface area contributed by atoms with Crippen molar-refractivity contribution in [1.29, 1.82) is 0 Å². The Labute approximate surface area is 313 Å². The highest BCUT2D eigenvalue weighted by Crippen LogP contribution is 2.77. The molecule has 3 N–H and O–H groups in total. The number of nitrogens with zero attached hydrogens (tertiary/aromatic N) is 1. The highest BCUT2D eigenvalue weighted by molar-refractivity contribution is 5.88. The fourth-order valence-electron chi connectivity index (χ4n) is 13.6. The predicted octanol–water partition coefficient (Wildman–Crippen LogP) is 8.61. The molecule has 0 aliphatic heterocycles. The summed E-state index contributed by atoms with van der Waals surface area (Å²) in [6.45, 7) is 21.8. The third kappa shape index (κ3) is 6.29. The lowest BCUT2D eigenvalue weighted by Gasteiger charge is -2.72. The Morgan fingerprint density at radius 1 is 0.865 bits per heavy atom. The molecule has 5 aliphatic rings. The van der Waals surface area contributed by atoms with Crippen LogP contribution in [0.25, 0.3) is 5.57 Å². The van der Waals surface area contributed by atoms with E-state index in [4.69, 9.17) is 0 Å². The average Bonchev–Trinajstić information content (AvgIpc) is 3.47. The van der Waals surface area contributed by atoms with Gasteiger partial charge >= 0.3 is 5.97 Å². The fraction of sp³-hybridized carbons (Fsp3) is 0.711. The first kappa shape index (κ1) is 38.8. The number of carboxylic acids is 1. The molecule has 0 aromatic heterocycles. The van der Waals surface area contributed by atoms with Gasteiger partial charge in [0, 0.05) is 46.6 Å². The molecule has 0 radical (unpaired) electrons. The number of hydrogen-bond acceptors (Lipinski definition) is 4. The maximum absolute atomic E-state index is 12.6. The molecule has 0 heterocycles. The Bertz CT molecular complexity index is 1600. The molecule has 0 saturated heterocycles. The molecule has 1 aromatic carbocycles. The lowest BCUT2D eigenvalue weighted by Crippen LogP contribution is -2.65. The van der Waals surface area contributed by atoms with Crippen LogP contribution >= 0.6 is 0 Å². The Hall–Kier alpha value is -2.93. The van der Waals surface area contributed by atoms with E-state index in [1.54, 1.807) is 31.1 Å². The Balaban J connectivity index is 1.19. The van der Waals surface area contributed by atoms with Crippen molar-refractivity contribution in [1.82, 2.24) is 15.5 Å². The second-order valence-corrected chi connectivity index (χ2v) is 19.3. The quantitative estimate of drug-likeness (QED) is 0.158. The number of carboxylic acid groups (broad SMARTS) is 1. The van der Waals surface area contributed by atoms with Gasteiger partial charge < -0.3 is 20.6 Å². The van der Waals surface area contributed by atoms with Gasteiger partial charge in [0.15, 0.2) is 0 Å². The van der Waals surface area contributed by atoms with E-state index >= 15 is 0 Å². The van der Waals surface area contributed by atoms with Crippen LogP contribution in [0.5, 0.6) is 0 Å². The van der Waals surface area contributed by atoms with Crippen LogP contribution in [0.4, 0.5) is 0 Å². The Morgan fingerprint density at radius 2 is 1.58 bits per heavy atom. The summed E-state index contributed by atoms with van der Waals surface area (Å²) < 4.78 is 0. The minimum absolute atomic E-state index is 0.00125. The van der Waals surface area contributed by atoms with Crippen molar-refractivity contribution in [3.63, 3.8) is 0 Å². The summed E-state index contributed by atoms with van der Waals surface area (Å²) in [7, 11) is 3.48. The van der Waals surface area contributed by atoms with Crippen molar-refractivity contribution in [2.24, 2.45) is 56.7 Å². The van der Waals surface area contributed by atoms with Gasteiger partial charge in [0.25, 0.3) is 0 Å². The van der Waals surface area contributed by atoms with Crippen LogP contribution < -0.4 is 10.6 Å². The number of allylic oxidation sites excluding steroid dienone is 3. The van der Waals surface area contributed by atoms with Crippen molar-refractivity contribution >= 4 is 23.4 Å². The van der Waals surface area contributed by atoms with Crippen molar-refractivity contribution in [2.45, 2.75) is 112 Å². The lowest BCUT2D eigenvalue weighted by molar-refractivity contribution is -0.225. The van der Waals surface area contributed by atoms with Gasteiger partial charge in [-0.1, -0.05) is 65.0 Å². The van der Waals surface area contributed by atoms with Crippen LogP contribution in [-0.2, 0) is 9.59 Å². The van der Waals surface area contributed by atoms with Crippen molar-refractivity contribution in [3.8, 4) is 0 Å². The summed E-state index contributed by atoms with van der Waals surface area (Å²) in [6, 6.07) is 7.57. The molecular weight excluding hydrogens is 647 g/mol. The molecule has 5 aliphatic carbocycles. The van der Waals surface area contributed by atoms with E-state index in [1.807, 2.05) is 12.1 Å². The summed E-state index contributed by atoms with van der Waals surface area (Å²) in [6.07, 6.45) is 14.4. The molecule has 0 bridgehead atoms. The largest absolute Gasteiger partial charge is 0.478 e. The topological polar surface area (TPSA) is 98.7 Å². The molecule has 1 aromatic rings. The minimum Gasteiger partial charge on any atom is -0.478 e. The Kier molecular flexibility index (Phi) is 10.5. The fourth-order valence-corrected chi connectivity index (χ4v) is 13.6. The van der Waals surface area contributed by atoms with Crippen LogP contribution in [-0.4, -0.2) is 61.5 Å². The maximum atomic E-state index is 12.6. The van der Waals surface area contributed by atoms with Crippen LogP contribution in [0.3, 0.4) is 0 Å². The van der Waals surface area contributed by atoms with Crippen molar-refractivity contribution in [2.75, 3.05) is 33.7 Å². The summed E-state index contributed by atoms with van der Waals surface area (Å²) in [5.74, 6) is 2.24. The van der Waals surface area contributed by atoms with Gasteiger partial charge in [-0.2, -0.15) is 0 Å². The van der Waals surface area contributed by atoms with E-state index in [9.17, 15) is 19.5 Å². The zero-order chi connectivity index (χ0) is 37.9. The van der Waals surface area contributed by atoms with Crippen LogP contribution in [0.2, 0.25) is 0 Å². The van der Waals surface area contributed by atoms with Gasteiger partial charge in [-0.05, 0) is 145 Å². The van der Waals surface area contributed by atoms with E-state index < -0.39 is 5.97 Å². The lowest BCUT2D eigenvalue weighted by atomic mass is 9.32. The number of carbonyl (C=O) groups is 3. The molecule has 52 heavy (non-hydrogen) atoms. The Morgan fingerprint density at radius 3 is 2.23 bits per heavy atom. The third-order valence-electron chi connectivity index (χ3n) is 16.4. The van der Waals surface area contributed by atoms with Crippen LogP contribution in [0.1, 0.15) is 128 Å². The molecule has 6 rings (SSSR count). The number of rotatable bonds is 11. The number of amides is 2. The smallest absolute Gasteiger partial charge is 0.335 e. The molecule has 4 fully saturated rings. The SMILES string of the molecule is C=C(C)[C@@H]1CC[C@]2(CNCCC(=O)NCCC(=O)N(C)C)CC[C@]3(C)[C@H](CC[C@@H]4[C@@]5(C)CC=C(c6ccc(C(=O)O)cc6)C(C)(C)[C@@H]5CC[C@]43C)[C@@H]12. The van der Waals surface area contributed by atoms with E-state index in [2.05, 4.69) is 64.8 Å². The zero-order valence-corrected chi connectivity index (χ0v) is 33.5. The number of fused-ring (bicyclic) bond motifs is 7. The first-order chi connectivity index (χ1) is 24.4. The van der Waals surface area contributed by atoms with Gasteiger partial charge in [-0.3, -0.25) is 9.59 Å². The number of nitrogens with one attached hydrogen (secondary N) is 2. The maximum Gasteiger partial charge on any atom is 0.335 e. The summed E-state index contributed by atoms with van der Waals surface area (Å²) in [5.41, 5.74) is 5.25. The van der Waals surface area contributed by atoms with Gasteiger partial charge in [0.05, 0.1) is 5.56 Å². The van der Waals surface area contributed by atoms with Crippen molar-refractivity contribution in [3.05, 3.63) is 53.6 Å². The molecule has 7 nitrogen and oxygen atoms in total. The minimum atomic E-state index is -0.873. The van der Waals surface area contributed by atoms with E-state index in [-0.39, 0.29) is 38.9 Å². The van der Waals surface area contributed by atoms with Crippen molar-refractivity contribution < 1.29 is 19.5 Å². The van der Waals surface area contributed by atoms with Crippen LogP contribution in [0.15, 0.2) is 42.5 Å². The molecule has 4 saturated carbocycles. The molecule has 0 spiro atoms. The molecule has 286 valence electrons. The van der Waals surface area contributed by atoms with Gasteiger partial charge in [0.2, 0.25) is 11.8 Å². The highest BCUT2D eigenvalue weighted by atomic mass is 16.4. The van der Waals surface area contributed by atoms with Crippen LogP contribution in [0, 0.1) is 56.7 Å². The number of carbonyl (C=O) groups excluding carboxylic acids is 2. The highest BCUT2D eigenvalue weighted by Gasteiger charge is 2.70. The summed E-state index contributed by atoms with van der Waals surface area (Å²) in [5, 5.41) is 16.2. The molecule has 9 atom stereocenters. The molecule has 7 heteroatoms. The molecule has 0 unspecified atom stereocenters. The standard InChI is InChI=1S/C45H67N3O4/c1-29(2)32-16-23-45(28-46-26-19-37(49)47-27-20-38(50)48(8)9)25-24-43(6)34(39(32)45)14-15-36-42(5)21-17-33(30-10-12-31(13-11-30)40(51)52)41(3,4)35(42)18-22-44(36,43)7/h10-13,17,32,34-36,39,46H,1,14-16,18-28H2,2-9H3,(H,47,49)(H,51,52)/t32-,34+,35-,36+,39+,42-,43+,44+,45+/m0/s1. The van der Waals surface area contributed by atoms with Gasteiger partial charge in [-0.15, -0.1) is 0 Å². The van der Waals surface area contributed by atoms with Gasteiger partial charge in [0.1, 0.15) is 0 Å². The normalized spacial score (nSPS) is 37.4. The summed E-state index contributed by atoms with van der Waals surface area (Å²) in [4.78, 5) is 37.6. The average molecular weight is 714 g/mol. The number of benzene rings is 1. The monoisotopic (exact) mass is 714 g/mol. The first-order valence-electron chi connectivity index (χ1n) is 20.3. The summed E-state index contributed by atoms with van der Waals surface area (Å²) >= 11 is 0. The number of hydrogen-bond donors (Lipinski definition) is 3. The van der Waals surface area contributed by atoms with Gasteiger partial charge in [-0.25, -0.2) is 4.79 Å². The second kappa shape index (κ2) is 14.0. The predicted molar refractivity (Wildman–Crippen MR) is 210 cm³/mol. The van der Waals surface area contributed by atoms with E-state index in [1.165, 1.54) is 68.1 Å². The second-order valence-electron chi connectivity index (χ2n) is 19.3.